The second-order valence-electron chi connectivity index (χ2n) is 16.0. The lowest BCUT2D eigenvalue weighted by atomic mass is 10.0. The molecule has 0 N–H and O–H groups in total. The molecule has 0 aliphatic rings. The van der Waals surface area contributed by atoms with Gasteiger partial charge in [0.15, 0.2) is 17.5 Å². The van der Waals surface area contributed by atoms with Crippen molar-refractivity contribution in [3.63, 3.8) is 0 Å². The molecule has 13 rings (SSSR count). The van der Waals surface area contributed by atoms with Crippen molar-refractivity contribution in [1.29, 1.82) is 0 Å². The molecule has 0 radical (unpaired) electrons. The average molecular weight is 806 g/mol. The summed E-state index contributed by atoms with van der Waals surface area (Å²) in [5.41, 5.74) is 13.5. The van der Waals surface area contributed by atoms with Crippen LogP contribution in [0.1, 0.15) is 0 Å². The van der Waals surface area contributed by atoms with Crippen LogP contribution in [-0.2, 0) is 0 Å². The van der Waals surface area contributed by atoms with Crippen molar-refractivity contribution in [2.45, 2.75) is 0 Å². The number of nitrogens with zero attached hydrogens (tertiary/aromatic N) is 5. The van der Waals surface area contributed by atoms with Gasteiger partial charge in [-0.15, -0.1) is 0 Å². The standard InChI is InChI=1S/C57H35N5O/c1-5-15-36(16-6-1)39-25-29-49-45(33-39)43-23-13-14-24-48(43)61(49)42-27-31-51-47(35-42)53-52(63-51)32-28-44-46-34-40(26-30-50(46)62(54(44)53)41-21-11-4-12-22-41)57-59-55(37-17-7-2-8-18-37)58-56(60-57)38-19-9-3-10-20-38/h1-35H. The fraction of sp³-hybridized carbons (Fsp3) is 0. The van der Waals surface area contributed by atoms with Crippen molar-refractivity contribution in [2.24, 2.45) is 0 Å². The van der Waals surface area contributed by atoms with Crippen LogP contribution in [0.5, 0.6) is 0 Å². The number of fused-ring (bicyclic) bond motifs is 10. The molecule has 0 aliphatic heterocycles. The monoisotopic (exact) mass is 805 g/mol. The van der Waals surface area contributed by atoms with E-state index < -0.39 is 0 Å². The van der Waals surface area contributed by atoms with Gasteiger partial charge in [-0.05, 0) is 90.0 Å². The number of benzene rings is 9. The molecule has 294 valence electrons. The predicted octanol–water partition coefficient (Wildman–Crippen LogP) is 14.6. The normalized spacial score (nSPS) is 11.8. The summed E-state index contributed by atoms with van der Waals surface area (Å²) in [5, 5.41) is 6.76. The number of hydrogen-bond donors (Lipinski definition) is 0. The first-order chi connectivity index (χ1) is 31.2. The summed E-state index contributed by atoms with van der Waals surface area (Å²) in [6.07, 6.45) is 0. The van der Waals surface area contributed by atoms with E-state index in [-0.39, 0.29) is 0 Å². The van der Waals surface area contributed by atoms with Crippen molar-refractivity contribution < 1.29 is 4.42 Å². The van der Waals surface area contributed by atoms with Crippen molar-refractivity contribution >= 4 is 65.6 Å². The maximum absolute atomic E-state index is 6.71. The lowest BCUT2D eigenvalue weighted by Gasteiger charge is -2.10. The van der Waals surface area contributed by atoms with Gasteiger partial charge in [0.2, 0.25) is 0 Å². The molecule has 6 heteroatoms. The topological polar surface area (TPSA) is 61.7 Å². The third-order valence-corrected chi connectivity index (χ3v) is 12.4. The Bertz CT molecular complexity index is 3830. The Balaban J connectivity index is 1.05. The van der Waals surface area contributed by atoms with E-state index in [1.54, 1.807) is 0 Å². The van der Waals surface area contributed by atoms with Gasteiger partial charge in [-0.3, -0.25) is 0 Å². The van der Waals surface area contributed by atoms with Crippen LogP contribution in [0, 0.1) is 0 Å². The van der Waals surface area contributed by atoms with E-state index >= 15 is 0 Å². The van der Waals surface area contributed by atoms with Crippen molar-refractivity contribution in [3.05, 3.63) is 212 Å². The predicted molar refractivity (Wildman–Crippen MR) is 258 cm³/mol. The highest BCUT2D eigenvalue weighted by atomic mass is 16.3. The molecule has 0 aliphatic carbocycles. The average Bonchev–Trinajstić information content (AvgIpc) is 4.01. The minimum Gasteiger partial charge on any atom is -0.456 e. The van der Waals surface area contributed by atoms with E-state index in [0.717, 1.165) is 82.8 Å². The molecule has 0 saturated heterocycles. The van der Waals surface area contributed by atoms with Gasteiger partial charge in [0.1, 0.15) is 11.2 Å². The molecule has 9 aromatic carbocycles. The quantitative estimate of drug-likeness (QED) is 0.168. The molecule has 0 bridgehead atoms. The maximum Gasteiger partial charge on any atom is 0.164 e. The molecular weight excluding hydrogens is 771 g/mol. The molecule has 0 amide bonds. The van der Waals surface area contributed by atoms with Gasteiger partial charge in [0, 0.05) is 55.0 Å². The van der Waals surface area contributed by atoms with Crippen LogP contribution in [0.3, 0.4) is 0 Å². The molecule has 4 aromatic heterocycles. The van der Waals surface area contributed by atoms with Crippen LogP contribution in [0.25, 0.3) is 122 Å². The number of furan rings is 1. The minimum atomic E-state index is 0.617. The van der Waals surface area contributed by atoms with Crippen LogP contribution >= 0.6 is 0 Å². The lowest BCUT2D eigenvalue weighted by molar-refractivity contribution is 0.669. The Kier molecular flexibility index (Phi) is 7.80. The fourth-order valence-electron chi connectivity index (χ4n) is 9.48. The molecule has 4 heterocycles. The number of rotatable bonds is 6. The molecule has 0 unspecified atom stereocenters. The Morgan fingerprint density at radius 2 is 0.825 bits per heavy atom. The van der Waals surface area contributed by atoms with E-state index in [2.05, 4.69) is 161 Å². The van der Waals surface area contributed by atoms with Crippen LogP contribution in [0.4, 0.5) is 0 Å². The fourth-order valence-corrected chi connectivity index (χ4v) is 9.48. The zero-order chi connectivity index (χ0) is 41.4. The number of hydrogen-bond acceptors (Lipinski definition) is 4. The van der Waals surface area contributed by atoms with Crippen LogP contribution in [0.15, 0.2) is 217 Å². The highest BCUT2D eigenvalue weighted by Gasteiger charge is 2.22. The molecule has 0 fully saturated rings. The van der Waals surface area contributed by atoms with Gasteiger partial charge in [-0.1, -0.05) is 133 Å². The summed E-state index contributed by atoms with van der Waals surface area (Å²) >= 11 is 0. The third kappa shape index (κ3) is 5.62. The Hall–Kier alpha value is -8.61. The molecule has 0 spiro atoms. The molecule has 6 nitrogen and oxygen atoms in total. The Labute approximate surface area is 361 Å². The van der Waals surface area contributed by atoms with Crippen LogP contribution in [-0.4, -0.2) is 24.1 Å². The van der Waals surface area contributed by atoms with Gasteiger partial charge < -0.3 is 13.6 Å². The first-order valence-corrected chi connectivity index (χ1v) is 21.2. The largest absolute Gasteiger partial charge is 0.456 e. The minimum absolute atomic E-state index is 0.617. The van der Waals surface area contributed by atoms with E-state index in [4.69, 9.17) is 19.4 Å². The number of aromatic nitrogens is 5. The van der Waals surface area contributed by atoms with E-state index in [1.807, 2.05) is 60.7 Å². The lowest BCUT2D eigenvalue weighted by Crippen LogP contribution is -2.00. The summed E-state index contributed by atoms with van der Waals surface area (Å²) in [7, 11) is 0. The van der Waals surface area contributed by atoms with Gasteiger partial charge in [0.25, 0.3) is 0 Å². The highest BCUT2D eigenvalue weighted by Crippen LogP contribution is 2.43. The van der Waals surface area contributed by atoms with Gasteiger partial charge in [-0.2, -0.15) is 0 Å². The van der Waals surface area contributed by atoms with Crippen molar-refractivity contribution in [3.8, 4) is 56.7 Å². The van der Waals surface area contributed by atoms with Gasteiger partial charge in [0.05, 0.1) is 27.5 Å². The number of para-hydroxylation sites is 2. The summed E-state index contributed by atoms with van der Waals surface area (Å²) in [5.74, 6) is 1.88. The summed E-state index contributed by atoms with van der Waals surface area (Å²) in [4.78, 5) is 15.1. The summed E-state index contributed by atoms with van der Waals surface area (Å²) < 4.78 is 11.5. The SMILES string of the molecule is c1ccc(-c2ccc3c(c2)c2ccccc2n3-c2ccc3oc4ccc5c6cc(-c7nc(-c8ccccc8)nc(-c8ccccc8)n7)ccc6n(-c6ccccc6)c5c4c3c2)cc1. The first-order valence-electron chi connectivity index (χ1n) is 21.2. The molecule has 13 aromatic rings. The van der Waals surface area contributed by atoms with Crippen molar-refractivity contribution in [1.82, 2.24) is 24.1 Å². The smallest absolute Gasteiger partial charge is 0.164 e. The van der Waals surface area contributed by atoms with Crippen molar-refractivity contribution in [2.75, 3.05) is 0 Å². The zero-order valence-corrected chi connectivity index (χ0v) is 33.9. The molecule has 0 saturated carbocycles. The third-order valence-electron chi connectivity index (χ3n) is 12.4. The van der Waals surface area contributed by atoms with Gasteiger partial charge in [-0.25, -0.2) is 15.0 Å². The van der Waals surface area contributed by atoms with Gasteiger partial charge >= 0.3 is 0 Å². The van der Waals surface area contributed by atoms with Crippen LogP contribution in [0.2, 0.25) is 0 Å². The maximum atomic E-state index is 6.71. The Morgan fingerprint density at radius 1 is 0.302 bits per heavy atom. The molecule has 63 heavy (non-hydrogen) atoms. The second-order valence-corrected chi connectivity index (χ2v) is 16.0. The summed E-state index contributed by atoms with van der Waals surface area (Å²) in [6, 6.07) is 74.4. The van der Waals surface area contributed by atoms with E-state index in [1.165, 1.54) is 21.9 Å². The van der Waals surface area contributed by atoms with E-state index in [9.17, 15) is 0 Å². The second kappa shape index (κ2) is 14.0. The van der Waals surface area contributed by atoms with Crippen LogP contribution < -0.4 is 0 Å². The highest BCUT2D eigenvalue weighted by molar-refractivity contribution is 6.25. The van der Waals surface area contributed by atoms with E-state index in [0.29, 0.717) is 17.5 Å². The summed E-state index contributed by atoms with van der Waals surface area (Å²) in [6.45, 7) is 0. The molecular formula is C57H35N5O. The first kappa shape index (κ1) is 35.2. The Morgan fingerprint density at radius 3 is 1.52 bits per heavy atom. The molecule has 0 atom stereocenters. The zero-order valence-electron chi connectivity index (χ0n) is 33.9.